The summed E-state index contributed by atoms with van der Waals surface area (Å²) in [5.74, 6) is 0.0427. The summed E-state index contributed by atoms with van der Waals surface area (Å²) >= 11 is 0. The first-order valence-electron chi connectivity index (χ1n) is 21.8. The van der Waals surface area contributed by atoms with Gasteiger partial charge in [-0.15, -0.1) is 0 Å². The van der Waals surface area contributed by atoms with E-state index >= 15 is 0 Å². The van der Waals surface area contributed by atoms with E-state index in [4.69, 9.17) is 5.26 Å². The molecule has 0 aliphatic carbocycles. The van der Waals surface area contributed by atoms with E-state index < -0.39 is 195 Å². The van der Waals surface area contributed by atoms with Crippen molar-refractivity contribution in [3.8, 4) is 6.07 Å². The van der Waals surface area contributed by atoms with Crippen LogP contribution in [0.15, 0.2) is 140 Å². The molecule has 0 N–H and O–H groups in total. The van der Waals surface area contributed by atoms with Crippen molar-refractivity contribution in [1.82, 2.24) is 0 Å². The maximum atomic E-state index is 14.2. The van der Waals surface area contributed by atoms with Crippen LogP contribution in [0.2, 0.25) is 0 Å². The van der Waals surface area contributed by atoms with Gasteiger partial charge in [-0.25, -0.2) is 0 Å². The average Bonchev–Trinajstić information content (AvgIpc) is 3.54. The number of hydrogen-bond acceptors (Lipinski definition) is 2. The highest BCUT2D eigenvalue weighted by Gasteiger charge is 2.47. The number of aromatic nitrogens is 1. The Morgan fingerprint density at radius 1 is 0.380 bits per heavy atom. The van der Waals surface area contributed by atoms with Gasteiger partial charge in [0.15, 0.2) is 5.69 Å². The molecule has 1 aromatic heterocycles. The minimum atomic E-state index is -6.13. The Bertz CT molecular complexity index is 2990. The van der Waals surface area contributed by atoms with Crippen molar-refractivity contribution in [2.24, 2.45) is 0 Å². The smallest absolute Gasteiger partial charge is 0.287 e. The molecule has 0 aliphatic rings. The molecule has 418 valence electrons. The zero-order valence-electron chi connectivity index (χ0n) is 38.6. The van der Waals surface area contributed by atoms with Gasteiger partial charge in [-0.3, -0.25) is 4.79 Å². The van der Waals surface area contributed by atoms with E-state index in [0.29, 0.717) is 5.56 Å². The standard InChI is InChI=1S/C32H12BF24.C19H15N2O/c34-25(35,36)13-1-14(26(37,38)39)6-21(5-13)33(22-7-15(27(40,41)42)2-16(8-22)28(43,44)45,23-9-17(29(46,47)48)3-18(10-23)30(49,50)51)24-11-19(31(52,53)54)4-20(12-24)32(55,56)57;20-13-12-17-11-10-15-6-4-5-9-18(15)21(17)14-19(22)16-7-2-1-3-8-16/h1-12H;1-11H,12,14H2/q-1;+1. The van der Waals surface area contributed by atoms with Crippen LogP contribution >= 0.6 is 0 Å². The molecule has 0 saturated heterocycles. The number of nitrogens with zero attached hydrogens (tertiary/aromatic N) is 2. The molecular formula is C51H27BF24N2O. The molecule has 6 aromatic carbocycles. The summed E-state index contributed by atoms with van der Waals surface area (Å²) in [7, 11) is 0. The van der Waals surface area contributed by atoms with Crippen molar-refractivity contribution < 1.29 is 115 Å². The van der Waals surface area contributed by atoms with E-state index in [2.05, 4.69) is 6.07 Å². The minimum Gasteiger partial charge on any atom is -0.287 e. The zero-order valence-corrected chi connectivity index (χ0v) is 38.6. The van der Waals surface area contributed by atoms with Gasteiger partial charge in [-0.05, 0) is 36.4 Å². The Morgan fingerprint density at radius 3 is 0.937 bits per heavy atom. The van der Waals surface area contributed by atoms with Crippen LogP contribution in [-0.2, 0) is 62.4 Å². The largest absolute Gasteiger partial charge is 0.416 e. The summed E-state index contributed by atoms with van der Waals surface area (Å²) in [5, 5.41) is 10.1. The van der Waals surface area contributed by atoms with Crippen molar-refractivity contribution in [2.75, 3.05) is 0 Å². The number of halogens is 24. The lowest BCUT2D eigenvalue weighted by atomic mass is 9.12. The lowest BCUT2D eigenvalue weighted by molar-refractivity contribution is -0.664. The molecule has 28 heteroatoms. The second-order valence-corrected chi connectivity index (χ2v) is 17.3. The number of hydrogen-bond donors (Lipinski definition) is 0. The molecule has 79 heavy (non-hydrogen) atoms. The van der Waals surface area contributed by atoms with Gasteiger partial charge in [0.05, 0.1) is 50.6 Å². The highest BCUT2D eigenvalue weighted by atomic mass is 19.4. The quantitative estimate of drug-likeness (QED) is 0.0659. The average molecular weight is 1150 g/mol. The molecule has 0 atom stereocenters. The third kappa shape index (κ3) is 13.6. The Balaban J connectivity index is 0.000000378. The molecule has 0 fully saturated rings. The first-order chi connectivity index (χ1) is 36.1. The number of benzene rings is 6. The van der Waals surface area contributed by atoms with E-state index in [1.54, 1.807) is 0 Å². The minimum absolute atomic E-state index is 0.0427. The second kappa shape index (κ2) is 21.2. The van der Waals surface area contributed by atoms with Crippen molar-refractivity contribution >= 4 is 44.7 Å². The fourth-order valence-electron chi connectivity index (χ4n) is 8.66. The van der Waals surface area contributed by atoms with Crippen LogP contribution in [0.1, 0.15) is 60.6 Å². The topological polar surface area (TPSA) is 44.7 Å². The number of Topliss-reactive ketones (excluding diaryl/α,β-unsaturated/α-hetero) is 1. The van der Waals surface area contributed by atoms with Crippen molar-refractivity contribution in [2.45, 2.75) is 62.4 Å². The van der Waals surface area contributed by atoms with Gasteiger partial charge >= 0.3 is 49.4 Å². The predicted octanol–water partition coefficient (Wildman–Crippen LogP) is 14.3. The van der Waals surface area contributed by atoms with E-state index in [1.807, 2.05) is 71.3 Å². The lowest BCUT2D eigenvalue weighted by Gasteiger charge is -2.46. The normalized spacial score (nSPS) is 13.2. The van der Waals surface area contributed by atoms with E-state index in [0.717, 1.165) is 16.6 Å². The van der Waals surface area contributed by atoms with Gasteiger partial charge in [0, 0.05) is 23.1 Å². The maximum Gasteiger partial charge on any atom is 0.416 e. The molecule has 0 spiro atoms. The van der Waals surface area contributed by atoms with Gasteiger partial charge in [0.1, 0.15) is 12.6 Å². The number of pyridine rings is 1. The van der Waals surface area contributed by atoms with Crippen LogP contribution in [0.3, 0.4) is 0 Å². The molecule has 0 radical (unpaired) electrons. The number of nitriles is 1. The monoisotopic (exact) mass is 1150 g/mol. The van der Waals surface area contributed by atoms with Crippen molar-refractivity contribution in [1.29, 1.82) is 5.26 Å². The number of para-hydroxylation sites is 1. The van der Waals surface area contributed by atoms with Crippen LogP contribution in [-0.4, -0.2) is 11.9 Å². The molecule has 0 bridgehead atoms. The number of fused-ring (bicyclic) bond motifs is 1. The molecule has 1 heterocycles. The van der Waals surface area contributed by atoms with Crippen LogP contribution in [0.5, 0.6) is 0 Å². The summed E-state index contributed by atoms with van der Waals surface area (Å²) < 4.78 is 343. The zero-order chi connectivity index (χ0) is 59.3. The number of carbonyl (C=O) groups is 1. The van der Waals surface area contributed by atoms with E-state index in [9.17, 15) is 110 Å². The summed E-state index contributed by atoms with van der Waals surface area (Å²) in [4.78, 5) is 12.5. The van der Waals surface area contributed by atoms with Crippen molar-refractivity contribution in [3.05, 3.63) is 195 Å². The number of alkyl halides is 24. The summed E-state index contributed by atoms with van der Waals surface area (Å²) in [5.41, 5.74) is -27.7. The maximum absolute atomic E-state index is 14.2. The van der Waals surface area contributed by atoms with Gasteiger partial charge < -0.3 is 0 Å². The highest BCUT2D eigenvalue weighted by molar-refractivity contribution is 7.20. The number of carbonyl (C=O) groups excluding carboxylic acids is 1. The molecule has 0 amide bonds. The van der Waals surface area contributed by atoms with Gasteiger partial charge in [-0.1, -0.05) is 91.0 Å². The first-order valence-corrected chi connectivity index (χ1v) is 21.8. The Labute approximate surface area is 427 Å². The Hall–Kier alpha value is -7.73. The van der Waals surface area contributed by atoms with E-state index in [1.165, 1.54) is 0 Å². The summed E-state index contributed by atoms with van der Waals surface area (Å²) in [6.45, 7) is 0.238. The fraction of sp³-hybridized carbons (Fsp3) is 0.196. The second-order valence-electron chi connectivity index (χ2n) is 17.3. The van der Waals surface area contributed by atoms with Crippen molar-refractivity contribution in [3.63, 3.8) is 0 Å². The molecule has 7 rings (SSSR count). The lowest BCUT2D eigenvalue weighted by Crippen LogP contribution is -2.75. The highest BCUT2D eigenvalue weighted by Crippen LogP contribution is 2.41. The summed E-state index contributed by atoms with van der Waals surface area (Å²) in [6.07, 6.45) is -54.5. The Morgan fingerprint density at radius 2 is 0.658 bits per heavy atom. The SMILES string of the molecule is FC(F)(F)c1cc([B-](c2cc(C(F)(F)F)cc(C(F)(F)F)c2)(c2cc(C(F)(F)F)cc(C(F)(F)F)c2)c2cc(C(F)(F)F)cc(C(F)(F)F)c2)cc(C(F)(F)F)c1.N#CCc1ccc2ccccc2[n+]1CC(=O)c1ccccc1. The molecule has 0 unspecified atom stereocenters. The molecule has 7 aromatic rings. The van der Waals surface area contributed by atoms with Crippen LogP contribution in [0.4, 0.5) is 105 Å². The molecule has 0 aliphatic heterocycles. The van der Waals surface area contributed by atoms with Crippen LogP contribution < -0.4 is 26.4 Å². The van der Waals surface area contributed by atoms with Gasteiger partial charge in [0.25, 0.3) is 0 Å². The molecule has 3 nitrogen and oxygen atoms in total. The third-order valence-corrected chi connectivity index (χ3v) is 12.1. The first kappa shape index (κ1) is 60.5. The van der Waals surface area contributed by atoms with Crippen LogP contribution in [0, 0.1) is 11.3 Å². The molecular weight excluding hydrogens is 1120 g/mol. The van der Waals surface area contributed by atoms with Gasteiger partial charge in [-0.2, -0.15) is 137 Å². The predicted molar refractivity (Wildman–Crippen MR) is 234 cm³/mol. The number of rotatable bonds is 8. The molecule has 0 saturated carbocycles. The van der Waals surface area contributed by atoms with Crippen LogP contribution in [0.25, 0.3) is 10.9 Å². The fourth-order valence-corrected chi connectivity index (χ4v) is 8.66. The Kier molecular flexibility index (Phi) is 16.2. The summed E-state index contributed by atoms with van der Waals surface area (Å²) in [6, 6.07) is 14.4. The van der Waals surface area contributed by atoms with Gasteiger partial charge in [0.2, 0.25) is 17.8 Å². The van der Waals surface area contributed by atoms with E-state index in [-0.39, 0.29) is 18.7 Å². The third-order valence-electron chi connectivity index (χ3n) is 12.1. The number of ketones is 1.